The number of rotatable bonds is 5. The zero-order chi connectivity index (χ0) is 22.1. The zero-order valence-electron chi connectivity index (χ0n) is 14.5. The van der Waals surface area contributed by atoms with Gasteiger partial charge >= 0.3 is 6.18 Å². The second-order valence-electron chi connectivity index (χ2n) is 5.81. The monoisotopic (exact) mass is 464 g/mol. The Hall–Kier alpha value is -2.92. The van der Waals surface area contributed by atoms with E-state index in [0.29, 0.717) is 18.3 Å². The number of hydrogen-bond donors (Lipinski definition) is 1. The highest BCUT2D eigenvalue weighted by molar-refractivity contribution is 7.92. The summed E-state index contributed by atoms with van der Waals surface area (Å²) in [4.78, 5) is 3.23. The van der Waals surface area contributed by atoms with Crippen molar-refractivity contribution in [2.24, 2.45) is 0 Å². The molecule has 0 aliphatic heterocycles. The third kappa shape index (κ3) is 4.97. The van der Waals surface area contributed by atoms with Crippen LogP contribution in [-0.4, -0.2) is 13.4 Å². The summed E-state index contributed by atoms with van der Waals surface area (Å²) in [5.74, 6) is -2.24. The summed E-state index contributed by atoms with van der Waals surface area (Å²) in [6.07, 6.45) is -4.08. The highest BCUT2D eigenvalue weighted by Gasteiger charge is 2.31. The van der Waals surface area contributed by atoms with Crippen LogP contribution >= 0.6 is 11.6 Å². The van der Waals surface area contributed by atoms with E-state index in [1.54, 1.807) is 0 Å². The molecule has 0 spiro atoms. The van der Waals surface area contributed by atoms with Crippen molar-refractivity contribution in [1.29, 1.82) is 0 Å². The molecule has 2 aromatic carbocycles. The summed E-state index contributed by atoms with van der Waals surface area (Å²) in [5, 5.41) is -0.394. The van der Waals surface area contributed by atoms with Crippen LogP contribution < -0.4 is 9.46 Å². The molecule has 30 heavy (non-hydrogen) atoms. The van der Waals surface area contributed by atoms with Gasteiger partial charge in [0, 0.05) is 12.3 Å². The van der Waals surface area contributed by atoms with Gasteiger partial charge in [-0.2, -0.15) is 13.2 Å². The summed E-state index contributed by atoms with van der Waals surface area (Å²) >= 11 is 5.75. The fourth-order valence-electron chi connectivity index (χ4n) is 2.23. The lowest BCUT2D eigenvalue weighted by molar-refractivity contribution is -0.137. The third-order valence-corrected chi connectivity index (χ3v) is 5.31. The van der Waals surface area contributed by atoms with E-state index in [2.05, 4.69) is 4.98 Å². The van der Waals surface area contributed by atoms with Gasteiger partial charge in [-0.05, 0) is 42.5 Å². The smallest absolute Gasteiger partial charge is 0.417 e. The molecule has 0 bridgehead atoms. The lowest BCUT2D eigenvalue weighted by atomic mass is 10.3. The van der Waals surface area contributed by atoms with Crippen molar-refractivity contribution in [2.45, 2.75) is 11.1 Å². The van der Waals surface area contributed by atoms with Crippen molar-refractivity contribution < 1.29 is 35.1 Å². The molecule has 0 saturated heterocycles. The number of nitrogens with zero attached hydrogens (tertiary/aromatic N) is 1. The van der Waals surface area contributed by atoms with Crippen molar-refractivity contribution in [1.82, 2.24) is 4.98 Å². The van der Waals surface area contributed by atoms with Crippen molar-refractivity contribution in [2.75, 3.05) is 4.72 Å². The number of alkyl halides is 3. The molecule has 5 nitrogen and oxygen atoms in total. The summed E-state index contributed by atoms with van der Waals surface area (Å²) in [7, 11) is -4.20. The van der Waals surface area contributed by atoms with E-state index < -0.39 is 44.1 Å². The van der Waals surface area contributed by atoms with Crippen LogP contribution in [0.4, 0.5) is 27.6 Å². The van der Waals surface area contributed by atoms with E-state index in [9.17, 15) is 30.4 Å². The van der Waals surface area contributed by atoms with E-state index in [1.165, 1.54) is 12.1 Å². The molecular formula is C18H10ClF5N2O3S. The molecule has 0 radical (unpaired) electrons. The highest BCUT2D eigenvalue weighted by atomic mass is 35.5. The van der Waals surface area contributed by atoms with Gasteiger partial charge in [0.1, 0.15) is 22.4 Å². The van der Waals surface area contributed by atoms with E-state index in [0.717, 1.165) is 24.3 Å². The first-order chi connectivity index (χ1) is 14.0. The van der Waals surface area contributed by atoms with Crippen LogP contribution in [0.15, 0.2) is 59.6 Å². The van der Waals surface area contributed by atoms with Crippen LogP contribution in [-0.2, 0) is 16.2 Å². The molecule has 12 heteroatoms. The fourth-order valence-corrected chi connectivity index (χ4v) is 3.50. The van der Waals surface area contributed by atoms with E-state index in [-0.39, 0.29) is 16.5 Å². The Balaban J connectivity index is 1.77. The predicted octanol–water partition coefficient (Wildman–Crippen LogP) is 5.63. The van der Waals surface area contributed by atoms with Gasteiger partial charge in [0.25, 0.3) is 10.0 Å². The fraction of sp³-hybridized carbons (Fsp3) is 0.0556. The molecule has 0 aliphatic rings. The van der Waals surface area contributed by atoms with Gasteiger partial charge in [0.15, 0.2) is 0 Å². The Morgan fingerprint density at radius 1 is 1.00 bits per heavy atom. The first-order valence-electron chi connectivity index (χ1n) is 7.94. The molecule has 158 valence electrons. The van der Waals surface area contributed by atoms with E-state index in [4.69, 9.17) is 16.3 Å². The van der Waals surface area contributed by atoms with Crippen molar-refractivity contribution in [3.8, 4) is 11.6 Å². The van der Waals surface area contributed by atoms with Crippen LogP contribution in [0.5, 0.6) is 11.6 Å². The Kier molecular flexibility index (Phi) is 5.86. The lowest BCUT2D eigenvalue weighted by Crippen LogP contribution is -2.14. The maximum absolute atomic E-state index is 13.7. The van der Waals surface area contributed by atoms with Crippen LogP contribution in [0.25, 0.3) is 0 Å². The Morgan fingerprint density at radius 2 is 1.67 bits per heavy atom. The highest BCUT2D eigenvalue weighted by Crippen LogP contribution is 2.34. The van der Waals surface area contributed by atoms with Crippen LogP contribution in [0.3, 0.4) is 0 Å². The lowest BCUT2D eigenvalue weighted by Gasteiger charge is -2.11. The standard InChI is InChI=1S/C18H10ClF5N2O3S/c19-14-7-10(18(22,23)24)9-25-17(14)29-12-2-4-13(5-3-12)30(27,28)26-16-6-1-11(20)8-15(16)21/h1-9,26H. The summed E-state index contributed by atoms with van der Waals surface area (Å²) in [5.41, 5.74) is -1.50. The summed E-state index contributed by atoms with van der Waals surface area (Å²) in [6, 6.07) is 7.60. The number of aromatic nitrogens is 1. The number of nitrogens with one attached hydrogen (secondary N) is 1. The Labute approximate surface area is 172 Å². The number of ether oxygens (including phenoxy) is 1. The first-order valence-corrected chi connectivity index (χ1v) is 9.80. The first kappa shape index (κ1) is 21.8. The molecule has 1 N–H and O–H groups in total. The molecule has 0 amide bonds. The SMILES string of the molecule is O=S(=O)(Nc1ccc(F)cc1F)c1ccc(Oc2ncc(C(F)(F)F)cc2Cl)cc1. The van der Waals surface area contributed by atoms with Gasteiger partial charge in [0.2, 0.25) is 5.88 Å². The second kappa shape index (κ2) is 8.07. The quantitative estimate of drug-likeness (QED) is 0.497. The average molecular weight is 465 g/mol. The molecule has 0 aliphatic carbocycles. The van der Waals surface area contributed by atoms with Gasteiger partial charge in [0.05, 0.1) is 16.1 Å². The van der Waals surface area contributed by atoms with Gasteiger partial charge in [-0.1, -0.05) is 11.6 Å². The van der Waals surface area contributed by atoms with Crippen molar-refractivity contribution in [3.05, 3.63) is 76.9 Å². The average Bonchev–Trinajstić information content (AvgIpc) is 2.65. The summed E-state index contributed by atoms with van der Waals surface area (Å²) in [6.45, 7) is 0. The molecule has 0 fully saturated rings. The number of hydrogen-bond acceptors (Lipinski definition) is 4. The minimum Gasteiger partial charge on any atom is -0.438 e. The molecule has 0 unspecified atom stereocenters. The van der Waals surface area contributed by atoms with Crippen molar-refractivity contribution >= 4 is 27.3 Å². The zero-order valence-corrected chi connectivity index (χ0v) is 16.1. The van der Waals surface area contributed by atoms with Crippen LogP contribution in [0, 0.1) is 11.6 Å². The van der Waals surface area contributed by atoms with E-state index >= 15 is 0 Å². The Bertz CT molecular complexity index is 1190. The van der Waals surface area contributed by atoms with Crippen LogP contribution in [0.2, 0.25) is 5.02 Å². The molecule has 0 saturated carbocycles. The third-order valence-electron chi connectivity index (χ3n) is 3.66. The second-order valence-corrected chi connectivity index (χ2v) is 7.90. The molecular weight excluding hydrogens is 455 g/mol. The largest absolute Gasteiger partial charge is 0.438 e. The number of pyridine rings is 1. The number of halogens is 6. The number of benzene rings is 2. The molecule has 0 atom stereocenters. The van der Waals surface area contributed by atoms with Gasteiger partial charge in [-0.15, -0.1) is 0 Å². The normalized spacial score (nSPS) is 11.9. The van der Waals surface area contributed by atoms with Gasteiger partial charge < -0.3 is 4.74 Å². The van der Waals surface area contributed by atoms with Gasteiger partial charge in [-0.3, -0.25) is 4.72 Å². The topological polar surface area (TPSA) is 68.3 Å². The molecule has 3 aromatic rings. The number of sulfonamides is 1. The molecule has 3 rings (SSSR count). The predicted molar refractivity (Wildman–Crippen MR) is 97.9 cm³/mol. The maximum atomic E-state index is 13.7. The van der Waals surface area contributed by atoms with Gasteiger partial charge in [-0.25, -0.2) is 22.2 Å². The minimum absolute atomic E-state index is 0.0380. The molecule has 1 heterocycles. The van der Waals surface area contributed by atoms with Crippen LogP contribution in [0.1, 0.15) is 5.56 Å². The number of anilines is 1. The summed E-state index contributed by atoms with van der Waals surface area (Å²) < 4.78 is 96.4. The Morgan fingerprint density at radius 3 is 2.23 bits per heavy atom. The van der Waals surface area contributed by atoms with Crippen molar-refractivity contribution in [3.63, 3.8) is 0 Å². The maximum Gasteiger partial charge on any atom is 0.417 e. The molecule has 1 aromatic heterocycles. The minimum atomic E-state index is -4.62. The van der Waals surface area contributed by atoms with E-state index in [1.807, 2.05) is 4.72 Å².